The largest absolute Gasteiger partial charge is 0.478 e. The molecular formula is C7H12O3S. The SMILES string of the molecule is C=C(C(=O)O)C(C)SC(C)O. The van der Waals surface area contributed by atoms with E-state index in [0.29, 0.717) is 0 Å². The molecule has 0 amide bonds. The molecule has 0 bridgehead atoms. The van der Waals surface area contributed by atoms with Crippen LogP contribution in [0, 0.1) is 0 Å². The van der Waals surface area contributed by atoms with Crippen molar-refractivity contribution in [2.45, 2.75) is 24.5 Å². The molecule has 2 N–H and O–H groups in total. The van der Waals surface area contributed by atoms with E-state index in [1.807, 2.05) is 0 Å². The van der Waals surface area contributed by atoms with Gasteiger partial charge in [0.25, 0.3) is 0 Å². The van der Waals surface area contributed by atoms with Gasteiger partial charge in [0.1, 0.15) is 0 Å². The Labute approximate surface area is 70.1 Å². The van der Waals surface area contributed by atoms with Crippen LogP contribution in [-0.4, -0.2) is 26.9 Å². The molecule has 2 atom stereocenters. The minimum Gasteiger partial charge on any atom is -0.478 e. The van der Waals surface area contributed by atoms with Crippen molar-refractivity contribution in [1.82, 2.24) is 0 Å². The zero-order valence-electron chi connectivity index (χ0n) is 6.57. The smallest absolute Gasteiger partial charge is 0.332 e. The molecule has 0 saturated heterocycles. The molecule has 4 heteroatoms. The molecule has 0 aliphatic rings. The number of hydrogen-bond donors (Lipinski definition) is 2. The van der Waals surface area contributed by atoms with Crippen molar-refractivity contribution < 1.29 is 15.0 Å². The highest BCUT2D eigenvalue weighted by Crippen LogP contribution is 2.20. The summed E-state index contributed by atoms with van der Waals surface area (Å²) in [7, 11) is 0. The highest BCUT2D eigenvalue weighted by Gasteiger charge is 2.15. The van der Waals surface area contributed by atoms with Crippen molar-refractivity contribution in [3.05, 3.63) is 12.2 Å². The summed E-state index contributed by atoms with van der Waals surface area (Å²) in [4.78, 5) is 10.3. The normalized spacial score (nSPS) is 15.5. The second-order valence-electron chi connectivity index (χ2n) is 2.21. The maximum absolute atomic E-state index is 10.3. The van der Waals surface area contributed by atoms with Crippen LogP contribution in [0.5, 0.6) is 0 Å². The highest BCUT2D eigenvalue weighted by molar-refractivity contribution is 8.00. The van der Waals surface area contributed by atoms with E-state index in [1.165, 1.54) is 11.8 Å². The Morgan fingerprint density at radius 3 is 2.27 bits per heavy atom. The van der Waals surface area contributed by atoms with E-state index in [4.69, 9.17) is 10.2 Å². The van der Waals surface area contributed by atoms with Gasteiger partial charge in [0.2, 0.25) is 0 Å². The number of aliphatic carboxylic acids is 1. The van der Waals surface area contributed by atoms with E-state index in [2.05, 4.69) is 6.58 Å². The first-order chi connectivity index (χ1) is 4.95. The second kappa shape index (κ2) is 4.41. The minimum atomic E-state index is -1.01. The molecular weight excluding hydrogens is 164 g/mol. The molecule has 0 fully saturated rings. The van der Waals surface area contributed by atoms with E-state index in [-0.39, 0.29) is 10.8 Å². The van der Waals surface area contributed by atoms with Crippen molar-refractivity contribution in [2.75, 3.05) is 0 Å². The number of hydrogen-bond acceptors (Lipinski definition) is 3. The van der Waals surface area contributed by atoms with Crippen LogP contribution in [0.15, 0.2) is 12.2 Å². The summed E-state index contributed by atoms with van der Waals surface area (Å²) in [5, 5.41) is 17.1. The first kappa shape index (κ1) is 10.5. The Balaban J connectivity index is 3.93. The van der Waals surface area contributed by atoms with Crippen molar-refractivity contribution in [2.24, 2.45) is 0 Å². The molecule has 0 aromatic carbocycles. The van der Waals surface area contributed by atoms with Gasteiger partial charge in [-0.25, -0.2) is 4.79 Å². The molecule has 0 rings (SSSR count). The zero-order valence-corrected chi connectivity index (χ0v) is 7.39. The summed E-state index contributed by atoms with van der Waals surface area (Å²) >= 11 is 1.17. The van der Waals surface area contributed by atoms with E-state index < -0.39 is 11.4 Å². The standard InChI is InChI=1S/C7H12O3S/c1-4(7(9)10)5(2)11-6(3)8/h5-6,8H,1H2,2-3H3,(H,9,10). The molecule has 0 radical (unpaired) electrons. The lowest BCUT2D eigenvalue weighted by atomic mass is 10.2. The zero-order chi connectivity index (χ0) is 9.02. The van der Waals surface area contributed by atoms with Crippen molar-refractivity contribution >= 4 is 17.7 Å². The number of carboxylic acids is 1. The van der Waals surface area contributed by atoms with Crippen LogP contribution in [-0.2, 0) is 4.79 Å². The summed E-state index contributed by atoms with van der Waals surface area (Å²) in [5.41, 5.74) is -0.433. The average molecular weight is 176 g/mol. The van der Waals surface area contributed by atoms with Crippen molar-refractivity contribution in [3.63, 3.8) is 0 Å². The lowest BCUT2D eigenvalue weighted by Crippen LogP contribution is -2.13. The minimum absolute atomic E-state index is 0.121. The molecule has 0 aromatic heterocycles. The Kier molecular flexibility index (Phi) is 4.22. The predicted octanol–water partition coefficient (Wildman–Crippen LogP) is 1.09. The second-order valence-corrected chi connectivity index (χ2v) is 3.87. The third kappa shape index (κ3) is 4.06. The van der Waals surface area contributed by atoms with Gasteiger partial charge >= 0.3 is 5.97 Å². The maximum Gasteiger partial charge on any atom is 0.332 e. The van der Waals surface area contributed by atoms with E-state index in [9.17, 15) is 4.79 Å². The molecule has 64 valence electrons. The van der Waals surface area contributed by atoms with Crippen LogP contribution in [0.2, 0.25) is 0 Å². The molecule has 0 aliphatic heterocycles. The molecule has 0 heterocycles. The van der Waals surface area contributed by atoms with E-state index in [1.54, 1.807) is 13.8 Å². The number of carbonyl (C=O) groups is 1. The quantitative estimate of drug-likeness (QED) is 0.497. The van der Waals surface area contributed by atoms with Gasteiger partial charge in [0.05, 0.1) is 5.44 Å². The van der Waals surface area contributed by atoms with Crippen LogP contribution in [0.4, 0.5) is 0 Å². The number of carboxylic acid groups (broad SMARTS) is 1. The third-order valence-corrected chi connectivity index (χ3v) is 2.25. The average Bonchev–Trinajstić information content (AvgIpc) is 1.84. The summed E-state index contributed by atoms with van der Waals surface area (Å²) in [6, 6.07) is 0. The Morgan fingerprint density at radius 1 is 1.55 bits per heavy atom. The van der Waals surface area contributed by atoms with Gasteiger partial charge in [-0.1, -0.05) is 6.58 Å². The van der Waals surface area contributed by atoms with Crippen LogP contribution < -0.4 is 0 Å². The summed E-state index contributed by atoms with van der Waals surface area (Å²) in [5.74, 6) is -1.01. The van der Waals surface area contributed by atoms with Crippen LogP contribution in [0.3, 0.4) is 0 Å². The molecule has 2 unspecified atom stereocenters. The Hall–Kier alpha value is -0.480. The van der Waals surface area contributed by atoms with Crippen LogP contribution in [0.1, 0.15) is 13.8 Å². The molecule has 0 aliphatic carbocycles. The summed E-state index contributed by atoms with van der Waals surface area (Å²) < 4.78 is 0. The van der Waals surface area contributed by atoms with Gasteiger partial charge < -0.3 is 10.2 Å². The van der Waals surface area contributed by atoms with Gasteiger partial charge in [0, 0.05) is 10.8 Å². The summed E-state index contributed by atoms with van der Waals surface area (Å²) in [6.07, 6.45) is 0. The Morgan fingerprint density at radius 2 is 2.00 bits per heavy atom. The number of rotatable bonds is 4. The van der Waals surface area contributed by atoms with E-state index >= 15 is 0 Å². The molecule has 0 spiro atoms. The van der Waals surface area contributed by atoms with Gasteiger partial charge in [0.15, 0.2) is 0 Å². The molecule has 0 saturated carbocycles. The fourth-order valence-electron chi connectivity index (χ4n) is 0.551. The fraction of sp³-hybridized carbons (Fsp3) is 0.571. The van der Waals surface area contributed by atoms with Gasteiger partial charge in [-0.2, -0.15) is 0 Å². The molecule has 11 heavy (non-hydrogen) atoms. The van der Waals surface area contributed by atoms with E-state index in [0.717, 1.165) is 0 Å². The third-order valence-electron chi connectivity index (χ3n) is 1.17. The van der Waals surface area contributed by atoms with Gasteiger partial charge in [-0.05, 0) is 13.8 Å². The van der Waals surface area contributed by atoms with Gasteiger partial charge in [-0.3, -0.25) is 0 Å². The fourth-order valence-corrected chi connectivity index (χ4v) is 1.41. The van der Waals surface area contributed by atoms with Crippen LogP contribution in [0.25, 0.3) is 0 Å². The Bertz CT molecular complexity index is 165. The first-order valence-corrected chi connectivity index (χ1v) is 4.15. The lowest BCUT2D eigenvalue weighted by molar-refractivity contribution is -0.132. The predicted molar refractivity (Wildman–Crippen MR) is 45.5 cm³/mol. The van der Waals surface area contributed by atoms with Crippen molar-refractivity contribution in [3.8, 4) is 0 Å². The monoisotopic (exact) mass is 176 g/mol. The number of thioether (sulfide) groups is 1. The molecule has 0 aromatic rings. The van der Waals surface area contributed by atoms with Crippen molar-refractivity contribution in [1.29, 1.82) is 0 Å². The lowest BCUT2D eigenvalue weighted by Gasteiger charge is -2.12. The number of aliphatic hydroxyl groups is 1. The summed E-state index contributed by atoms with van der Waals surface area (Å²) in [6.45, 7) is 6.67. The maximum atomic E-state index is 10.3. The van der Waals surface area contributed by atoms with Crippen LogP contribution >= 0.6 is 11.8 Å². The molecule has 3 nitrogen and oxygen atoms in total. The highest BCUT2D eigenvalue weighted by atomic mass is 32.2. The topological polar surface area (TPSA) is 57.5 Å². The first-order valence-electron chi connectivity index (χ1n) is 3.20. The van der Waals surface area contributed by atoms with Gasteiger partial charge in [-0.15, -0.1) is 11.8 Å². The number of aliphatic hydroxyl groups excluding tert-OH is 1.